The Labute approximate surface area is 171 Å². The van der Waals surface area contributed by atoms with E-state index in [9.17, 15) is 13.2 Å². The van der Waals surface area contributed by atoms with Crippen LogP contribution in [0.25, 0.3) is 10.9 Å². The number of nitrogens with zero attached hydrogens (tertiary/aromatic N) is 1. The molecule has 1 atom stereocenters. The van der Waals surface area contributed by atoms with Crippen LogP contribution in [0.3, 0.4) is 0 Å². The topological polar surface area (TPSA) is 88.2 Å². The molecule has 0 saturated carbocycles. The van der Waals surface area contributed by atoms with Gasteiger partial charge in [-0.05, 0) is 36.2 Å². The average Bonchev–Trinajstić information content (AvgIpc) is 2.75. The Balaban J connectivity index is 1.77. The molecule has 152 valence electrons. The van der Waals surface area contributed by atoms with Gasteiger partial charge in [0.2, 0.25) is 10.0 Å². The number of pyridine rings is 1. The number of nitrogens with one attached hydrogen (secondary N) is 2. The van der Waals surface area contributed by atoms with Gasteiger partial charge in [0, 0.05) is 23.7 Å². The van der Waals surface area contributed by atoms with Crippen molar-refractivity contribution in [2.45, 2.75) is 25.8 Å². The van der Waals surface area contributed by atoms with Gasteiger partial charge in [0.25, 0.3) is 5.91 Å². The number of carbonyl (C=O) groups excluding carboxylic acids is 1. The van der Waals surface area contributed by atoms with Crippen LogP contribution in [-0.2, 0) is 10.0 Å². The minimum Gasteiger partial charge on any atom is -0.344 e. The fourth-order valence-electron chi connectivity index (χ4n) is 3.01. The van der Waals surface area contributed by atoms with Gasteiger partial charge in [-0.3, -0.25) is 9.78 Å². The molecule has 0 bridgehead atoms. The molecule has 0 aliphatic carbocycles. The van der Waals surface area contributed by atoms with E-state index in [1.807, 2.05) is 49.4 Å². The maximum absolute atomic E-state index is 12.9. The lowest BCUT2D eigenvalue weighted by atomic mass is 10.1. The second-order valence-corrected chi connectivity index (χ2v) is 8.79. The Morgan fingerprint density at radius 2 is 1.86 bits per heavy atom. The number of benzene rings is 2. The minimum atomic E-state index is -3.39. The van der Waals surface area contributed by atoms with Crippen molar-refractivity contribution in [2.75, 3.05) is 12.3 Å². The van der Waals surface area contributed by atoms with Gasteiger partial charge in [-0.2, -0.15) is 0 Å². The molecule has 3 rings (SSSR count). The van der Waals surface area contributed by atoms with Gasteiger partial charge in [0.1, 0.15) is 0 Å². The third-order valence-electron chi connectivity index (χ3n) is 4.65. The van der Waals surface area contributed by atoms with Crippen LogP contribution in [0, 0.1) is 0 Å². The maximum Gasteiger partial charge on any atom is 0.251 e. The molecular formula is C22H25N3O3S. The molecule has 1 unspecified atom stereocenters. The first kappa shape index (κ1) is 21.0. The van der Waals surface area contributed by atoms with Crippen molar-refractivity contribution in [1.29, 1.82) is 0 Å². The number of unbranched alkanes of at least 4 members (excludes halogenated alkanes) is 1. The van der Waals surface area contributed by atoms with Crippen LogP contribution in [0.2, 0.25) is 0 Å². The highest BCUT2D eigenvalue weighted by Crippen LogP contribution is 2.16. The molecular weight excluding hydrogens is 386 g/mol. The van der Waals surface area contributed by atoms with Crippen LogP contribution >= 0.6 is 0 Å². The third kappa shape index (κ3) is 5.85. The molecule has 0 aliphatic rings. The van der Waals surface area contributed by atoms with Crippen molar-refractivity contribution >= 4 is 26.8 Å². The van der Waals surface area contributed by atoms with Gasteiger partial charge in [-0.25, -0.2) is 13.1 Å². The molecule has 0 saturated heterocycles. The summed E-state index contributed by atoms with van der Waals surface area (Å²) < 4.78 is 27.0. The Kier molecular flexibility index (Phi) is 6.95. The lowest BCUT2D eigenvalue weighted by molar-refractivity contribution is 0.0937. The standard InChI is InChI=1S/C22H25N3O3S/c1-2-3-14-29(27,28)24-16-21(17-8-5-4-6-9-17)25-22(26)19-11-12-20-18(15-19)10-7-13-23-20/h4-13,15,21,24H,2-3,14,16H2,1H3,(H,25,26). The smallest absolute Gasteiger partial charge is 0.251 e. The summed E-state index contributed by atoms with van der Waals surface area (Å²) in [7, 11) is -3.39. The molecule has 3 aromatic rings. The van der Waals surface area contributed by atoms with Crippen LogP contribution in [0.4, 0.5) is 0 Å². The predicted octanol–water partition coefficient (Wildman–Crippen LogP) is 3.43. The first-order chi connectivity index (χ1) is 14.0. The van der Waals surface area contributed by atoms with Crippen molar-refractivity contribution in [3.63, 3.8) is 0 Å². The largest absolute Gasteiger partial charge is 0.344 e. The molecule has 6 nitrogen and oxygen atoms in total. The summed E-state index contributed by atoms with van der Waals surface area (Å²) >= 11 is 0. The van der Waals surface area contributed by atoms with E-state index in [0.29, 0.717) is 12.0 Å². The highest BCUT2D eigenvalue weighted by molar-refractivity contribution is 7.89. The first-order valence-corrected chi connectivity index (χ1v) is 11.3. The number of carbonyl (C=O) groups is 1. The van der Waals surface area contributed by atoms with Gasteiger partial charge < -0.3 is 5.32 Å². The summed E-state index contributed by atoms with van der Waals surface area (Å²) in [5.41, 5.74) is 2.15. The van der Waals surface area contributed by atoms with Crippen LogP contribution in [-0.4, -0.2) is 31.6 Å². The van der Waals surface area contributed by atoms with E-state index in [4.69, 9.17) is 0 Å². The molecule has 0 spiro atoms. The van der Waals surface area contributed by atoms with Crippen molar-refractivity contribution in [1.82, 2.24) is 15.0 Å². The molecule has 1 aromatic heterocycles. The summed E-state index contributed by atoms with van der Waals surface area (Å²) in [4.78, 5) is 17.1. The van der Waals surface area contributed by atoms with Crippen molar-refractivity contribution in [3.05, 3.63) is 78.0 Å². The number of aromatic nitrogens is 1. The van der Waals surface area contributed by atoms with Crippen LogP contribution in [0.5, 0.6) is 0 Å². The van der Waals surface area contributed by atoms with Gasteiger partial charge in [0.05, 0.1) is 17.3 Å². The number of hydrogen-bond donors (Lipinski definition) is 2. The number of rotatable bonds is 9. The molecule has 0 aliphatic heterocycles. The summed E-state index contributed by atoms with van der Waals surface area (Å²) in [5, 5.41) is 3.83. The lowest BCUT2D eigenvalue weighted by Crippen LogP contribution is -2.38. The van der Waals surface area contributed by atoms with E-state index >= 15 is 0 Å². The molecule has 2 N–H and O–H groups in total. The second-order valence-electron chi connectivity index (χ2n) is 6.87. The zero-order chi connectivity index (χ0) is 20.7. The van der Waals surface area contributed by atoms with Gasteiger partial charge >= 0.3 is 0 Å². The molecule has 2 aromatic carbocycles. The third-order valence-corrected chi connectivity index (χ3v) is 6.08. The summed E-state index contributed by atoms with van der Waals surface area (Å²) in [6.07, 6.45) is 3.11. The summed E-state index contributed by atoms with van der Waals surface area (Å²) in [5.74, 6) is -0.186. The number of hydrogen-bond acceptors (Lipinski definition) is 4. The summed E-state index contributed by atoms with van der Waals surface area (Å²) in [6.45, 7) is 2.04. The fraction of sp³-hybridized carbons (Fsp3) is 0.273. The highest BCUT2D eigenvalue weighted by Gasteiger charge is 2.19. The second kappa shape index (κ2) is 9.62. The monoisotopic (exact) mass is 411 g/mol. The normalized spacial score (nSPS) is 12.6. The molecule has 1 heterocycles. The van der Waals surface area contributed by atoms with E-state index in [2.05, 4.69) is 15.0 Å². The lowest BCUT2D eigenvalue weighted by Gasteiger charge is -2.20. The summed E-state index contributed by atoms with van der Waals surface area (Å²) in [6, 6.07) is 17.9. The van der Waals surface area contributed by atoms with E-state index in [0.717, 1.165) is 22.9 Å². The first-order valence-electron chi connectivity index (χ1n) is 9.66. The zero-order valence-corrected chi connectivity index (χ0v) is 17.2. The number of fused-ring (bicyclic) bond motifs is 1. The average molecular weight is 412 g/mol. The minimum absolute atomic E-state index is 0.0800. The highest BCUT2D eigenvalue weighted by atomic mass is 32.2. The fourth-order valence-corrected chi connectivity index (χ4v) is 4.25. The van der Waals surface area contributed by atoms with Gasteiger partial charge in [-0.1, -0.05) is 49.7 Å². The van der Waals surface area contributed by atoms with Gasteiger partial charge in [0.15, 0.2) is 0 Å². The quantitative estimate of drug-likeness (QED) is 0.565. The zero-order valence-electron chi connectivity index (χ0n) is 16.3. The molecule has 29 heavy (non-hydrogen) atoms. The maximum atomic E-state index is 12.9. The van der Waals surface area contributed by atoms with E-state index in [1.54, 1.807) is 24.4 Å². The predicted molar refractivity (Wildman–Crippen MR) is 115 cm³/mol. The SMILES string of the molecule is CCCCS(=O)(=O)NCC(NC(=O)c1ccc2ncccc2c1)c1ccccc1. The van der Waals surface area contributed by atoms with E-state index < -0.39 is 16.1 Å². The van der Waals surface area contributed by atoms with Crippen molar-refractivity contribution in [2.24, 2.45) is 0 Å². The van der Waals surface area contributed by atoms with Crippen LogP contribution in [0.15, 0.2) is 66.9 Å². The Bertz CT molecular complexity index is 1070. The van der Waals surface area contributed by atoms with Crippen LogP contribution < -0.4 is 10.0 Å². The molecule has 7 heteroatoms. The Morgan fingerprint density at radius 1 is 1.07 bits per heavy atom. The molecule has 0 fully saturated rings. The molecule has 0 radical (unpaired) electrons. The van der Waals surface area contributed by atoms with Gasteiger partial charge in [-0.15, -0.1) is 0 Å². The molecule has 1 amide bonds. The van der Waals surface area contributed by atoms with Crippen LogP contribution in [0.1, 0.15) is 41.7 Å². The van der Waals surface area contributed by atoms with Crippen molar-refractivity contribution < 1.29 is 13.2 Å². The number of sulfonamides is 1. The Hall–Kier alpha value is -2.77. The van der Waals surface area contributed by atoms with E-state index in [-0.39, 0.29) is 18.2 Å². The van der Waals surface area contributed by atoms with E-state index in [1.165, 1.54) is 0 Å². The Morgan fingerprint density at radius 3 is 2.62 bits per heavy atom. The number of amides is 1. The van der Waals surface area contributed by atoms with Crippen molar-refractivity contribution in [3.8, 4) is 0 Å².